The van der Waals surface area contributed by atoms with Crippen LogP contribution < -0.4 is 10.5 Å². The number of benzene rings is 2. The maximum atomic E-state index is 12.9. The summed E-state index contributed by atoms with van der Waals surface area (Å²) in [6.07, 6.45) is -5.86. The van der Waals surface area contributed by atoms with E-state index < -0.39 is 23.6 Å². The molecule has 0 aliphatic carbocycles. The molecule has 2 rings (SSSR count). The molecule has 1 unspecified atom stereocenters. The van der Waals surface area contributed by atoms with Gasteiger partial charge in [0.1, 0.15) is 11.9 Å². The third-order valence-corrected chi connectivity index (χ3v) is 3.55. The van der Waals surface area contributed by atoms with E-state index in [1.54, 1.807) is 24.3 Å². The Morgan fingerprint density at radius 2 is 1.82 bits per heavy atom. The van der Waals surface area contributed by atoms with E-state index in [1.165, 1.54) is 0 Å². The number of nitrogen functional groups attached to an aromatic ring is 1. The Morgan fingerprint density at radius 1 is 1.18 bits per heavy atom. The van der Waals surface area contributed by atoms with E-state index in [1.807, 2.05) is 0 Å². The van der Waals surface area contributed by atoms with Crippen LogP contribution in [0.5, 0.6) is 5.75 Å². The van der Waals surface area contributed by atoms with Crippen LogP contribution in [0.15, 0.2) is 36.4 Å². The van der Waals surface area contributed by atoms with Crippen molar-refractivity contribution in [3.05, 3.63) is 58.1 Å². The molecule has 0 heterocycles. The first-order chi connectivity index (χ1) is 10.3. The molecule has 0 amide bonds. The number of ether oxygens (including phenoxy) is 1. The zero-order chi connectivity index (χ0) is 16.5. The average molecular weight is 332 g/mol. The number of alkyl halides is 3. The van der Waals surface area contributed by atoms with Crippen molar-refractivity contribution in [3.8, 4) is 5.75 Å². The van der Waals surface area contributed by atoms with Crippen LogP contribution >= 0.6 is 11.6 Å². The Morgan fingerprint density at radius 3 is 2.36 bits per heavy atom. The minimum Gasteiger partial charge on any atom is -0.496 e. The summed E-state index contributed by atoms with van der Waals surface area (Å²) >= 11 is 5.99. The van der Waals surface area contributed by atoms with Crippen LogP contribution in [0.25, 0.3) is 0 Å². The fourth-order valence-corrected chi connectivity index (χ4v) is 2.34. The van der Waals surface area contributed by atoms with Crippen LogP contribution in [0.4, 0.5) is 18.9 Å². The topological polar surface area (TPSA) is 55.5 Å². The standard InChI is InChI=1S/C15H13ClF3NO2/c1-22-13-6-9(12(20)7-10(13)15(17,18)19)14(21)8-4-2-3-5-11(8)16/h2-7,14,21H,20H2,1H3. The zero-order valence-corrected chi connectivity index (χ0v) is 12.2. The van der Waals surface area contributed by atoms with Crippen molar-refractivity contribution in [2.45, 2.75) is 12.3 Å². The molecule has 2 aromatic carbocycles. The maximum absolute atomic E-state index is 12.9. The van der Waals surface area contributed by atoms with E-state index in [9.17, 15) is 18.3 Å². The normalized spacial score (nSPS) is 13.0. The molecule has 2 aromatic rings. The van der Waals surface area contributed by atoms with Gasteiger partial charge in [0.2, 0.25) is 0 Å². The number of anilines is 1. The SMILES string of the molecule is COc1cc(C(O)c2ccccc2Cl)c(N)cc1C(F)(F)F. The monoisotopic (exact) mass is 331 g/mol. The number of aliphatic hydroxyl groups is 1. The third kappa shape index (κ3) is 3.13. The fraction of sp³-hybridized carbons (Fsp3) is 0.200. The van der Waals surface area contributed by atoms with Gasteiger partial charge in [-0.2, -0.15) is 13.2 Å². The van der Waals surface area contributed by atoms with Crippen LogP contribution in [0.3, 0.4) is 0 Å². The molecule has 3 nitrogen and oxygen atoms in total. The van der Waals surface area contributed by atoms with Crippen molar-refractivity contribution >= 4 is 17.3 Å². The predicted octanol–water partition coefficient (Wildman–Crippen LogP) is 4.03. The molecule has 0 aromatic heterocycles. The number of hydrogen-bond acceptors (Lipinski definition) is 3. The van der Waals surface area contributed by atoms with Gasteiger partial charge in [0.25, 0.3) is 0 Å². The van der Waals surface area contributed by atoms with Gasteiger partial charge in [0.15, 0.2) is 0 Å². The van der Waals surface area contributed by atoms with E-state index in [0.717, 1.165) is 19.2 Å². The number of methoxy groups -OCH3 is 1. The molecule has 0 saturated carbocycles. The highest BCUT2D eigenvalue weighted by molar-refractivity contribution is 6.31. The average Bonchev–Trinajstić information content (AvgIpc) is 2.46. The third-order valence-electron chi connectivity index (χ3n) is 3.20. The number of rotatable bonds is 3. The van der Waals surface area contributed by atoms with Crippen molar-refractivity contribution in [1.82, 2.24) is 0 Å². The second-order valence-electron chi connectivity index (χ2n) is 4.60. The first kappa shape index (κ1) is 16.5. The van der Waals surface area contributed by atoms with Gasteiger partial charge >= 0.3 is 6.18 Å². The Kier molecular flexibility index (Phi) is 4.53. The van der Waals surface area contributed by atoms with Crippen LogP contribution in [0.1, 0.15) is 22.8 Å². The minimum atomic E-state index is -4.60. The fourth-order valence-electron chi connectivity index (χ4n) is 2.10. The molecule has 0 radical (unpaired) electrons. The first-order valence-electron chi connectivity index (χ1n) is 6.22. The summed E-state index contributed by atoms with van der Waals surface area (Å²) in [6.45, 7) is 0. The van der Waals surface area contributed by atoms with Gasteiger partial charge in [-0.05, 0) is 18.2 Å². The lowest BCUT2D eigenvalue weighted by molar-refractivity contribution is -0.138. The Hall–Kier alpha value is -1.92. The van der Waals surface area contributed by atoms with Gasteiger partial charge in [-0.1, -0.05) is 29.8 Å². The summed E-state index contributed by atoms with van der Waals surface area (Å²) in [6, 6.07) is 8.28. The van der Waals surface area contributed by atoms with Crippen molar-refractivity contribution < 1.29 is 23.0 Å². The highest BCUT2D eigenvalue weighted by Crippen LogP contribution is 2.41. The summed E-state index contributed by atoms with van der Waals surface area (Å²) in [5, 5.41) is 10.7. The van der Waals surface area contributed by atoms with E-state index in [0.29, 0.717) is 5.56 Å². The molecule has 0 bridgehead atoms. The smallest absolute Gasteiger partial charge is 0.420 e. The quantitative estimate of drug-likeness (QED) is 0.835. The summed E-state index contributed by atoms with van der Waals surface area (Å²) < 4.78 is 43.5. The van der Waals surface area contributed by atoms with Crippen LogP contribution in [-0.4, -0.2) is 12.2 Å². The number of nitrogens with two attached hydrogens (primary N) is 1. The molecule has 118 valence electrons. The molecule has 0 aliphatic rings. The molecule has 0 aliphatic heterocycles. The van der Waals surface area contributed by atoms with E-state index >= 15 is 0 Å². The molecular formula is C15H13ClF3NO2. The first-order valence-corrected chi connectivity index (χ1v) is 6.60. The predicted molar refractivity (Wildman–Crippen MR) is 77.9 cm³/mol. The molecule has 22 heavy (non-hydrogen) atoms. The lowest BCUT2D eigenvalue weighted by atomic mass is 9.97. The Balaban J connectivity index is 2.55. The van der Waals surface area contributed by atoms with E-state index in [-0.39, 0.29) is 16.3 Å². The molecule has 0 fully saturated rings. The highest BCUT2D eigenvalue weighted by Gasteiger charge is 2.35. The van der Waals surface area contributed by atoms with Crippen molar-refractivity contribution in [1.29, 1.82) is 0 Å². The number of aliphatic hydroxyl groups excluding tert-OH is 1. The van der Waals surface area contributed by atoms with E-state index in [2.05, 4.69) is 0 Å². The lowest BCUT2D eigenvalue weighted by Gasteiger charge is -2.19. The van der Waals surface area contributed by atoms with Crippen LogP contribution in [0.2, 0.25) is 5.02 Å². The Labute approximate surface area is 130 Å². The molecule has 7 heteroatoms. The number of hydrogen-bond donors (Lipinski definition) is 2. The summed E-state index contributed by atoms with van der Waals surface area (Å²) in [5.41, 5.74) is 4.92. The number of halogens is 4. The molecule has 0 spiro atoms. The van der Waals surface area contributed by atoms with Gasteiger partial charge < -0.3 is 15.6 Å². The van der Waals surface area contributed by atoms with Crippen molar-refractivity contribution in [2.75, 3.05) is 12.8 Å². The minimum absolute atomic E-state index is 0.0953. The van der Waals surface area contributed by atoms with Gasteiger partial charge in [-0.3, -0.25) is 0 Å². The second kappa shape index (κ2) is 6.06. The zero-order valence-electron chi connectivity index (χ0n) is 11.5. The lowest BCUT2D eigenvalue weighted by Crippen LogP contribution is -2.11. The molecule has 3 N–H and O–H groups in total. The van der Waals surface area contributed by atoms with Crippen LogP contribution in [-0.2, 0) is 6.18 Å². The van der Waals surface area contributed by atoms with Crippen LogP contribution in [0, 0.1) is 0 Å². The maximum Gasteiger partial charge on any atom is 0.420 e. The van der Waals surface area contributed by atoms with E-state index in [4.69, 9.17) is 22.1 Å². The summed E-state index contributed by atoms with van der Waals surface area (Å²) in [7, 11) is 1.12. The Bertz CT molecular complexity index is 689. The second-order valence-corrected chi connectivity index (χ2v) is 5.01. The van der Waals surface area contributed by atoms with Gasteiger partial charge in [0.05, 0.1) is 12.7 Å². The van der Waals surface area contributed by atoms with Crippen molar-refractivity contribution in [2.24, 2.45) is 0 Å². The van der Waals surface area contributed by atoms with Crippen molar-refractivity contribution in [3.63, 3.8) is 0 Å². The summed E-state index contributed by atoms with van der Waals surface area (Å²) in [4.78, 5) is 0. The van der Waals surface area contributed by atoms with Gasteiger partial charge in [-0.25, -0.2) is 0 Å². The molecular weight excluding hydrogens is 319 g/mol. The molecule has 0 saturated heterocycles. The largest absolute Gasteiger partial charge is 0.496 e. The molecule has 1 atom stereocenters. The van der Waals surface area contributed by atoms with Gasteiger partial charge in [0, 0.05) is 21.8 Å². The summed E-state index contributed by atoms with van der Waals surface area (Å²) in [5.74, 6) is -0.414. The van der Waals surface area contributed by atoms with Gasteiger partial charge in [-0.15, -0.1) is 0 Å². The highest BCUT2D eigenvalue weighted by atomic mass is 35.5.